The third-order valence-electron chi connectivity index (χ3n) is 5.96. The van der Waals surface area contributed by atoms with E-state index >= 15 is 0 Å². The van der Waals surface area contributed by atoms with Gasteiger partial charge in [-0.3, -0.25) is 14.4 Å². The summed E-state index contributed by atoms with van der Waals surface area (Å²) in [5.41, 5.74) is 2.55. The quantitative estimate of drug-likeness (QED) is 0.297. The maximum absolute atomic E-state index is 13.1. The van der Waals surface area contributed by atoms with Crippen molar-refractivity contribution in [1.82, 2.24) is 0 Å². The number of benzene rings is 4. The van der Waals surface area contributed by atoms with Crippen LogP contribution in [0.15, 0.2) is 95.7 Å². The van der Waals surface area contributed by atoms with Gasteiger partial charge in [0, 0.05) is 27.3 Å². The van der Waals surface area contributed by atoms with Crippen molar-refractivity contribution in [1.29, 1.82) is 0 Å². The van der Waals surface area contributed by atoms with Crippen LogP contribution >= 0.6 is 23.2 Å². The van der Waals surface area contributed by atoms with Crippen LogP contribution in [0.3, 0.4) is 0 Å². The molecule has 0 fully saturated rings. The fourth-order valence-corrected chi connectivity index (χ4v) is 4.43. The number of hydrogen-bond donors (Lipinski definition) is 2. The second-order valence-electron chi connectivity index (χ2n) is 8.20. The van der Waals surface area contributed by atoms with Gasteiger partial charge in [-0.05, 0) is 60.3 Å². The molecule has 0 saturated carbocycles. The van der Waals surface area contributed by atoms with E-state index < -0.39 is 11.8 Å². The van der Waals surface area contributed by atoms with Crippen LogP contribution in [0.5, 0.6) is 0 Å². The molecule has 1 aliphatic rings. The Labute approximate surface area is 217 Å². The molecule has 3 amide bonds. The monoisotopic (exact) mass is 515 g/mol. The number of carbonyl (C=O) groups excluding carboxylic acids is 3. The minimum absolute atomic E-state index is 0.0472. The second kappa shape index (κ2) is 9.49. The first-order valence-corrected chi connectivity index (χ1v) is 11.8. The Morgan fingerprint density at radius 3 is 2.28 bits per heavy atom. The summed E-state index contributed by atoms with van der Waals surface area (Å²) >= 11 is 12.4. The smallest absolute Gasteiger partial charge is 0.283 e. The summed E-state index contributed by atoms with van der Waals surface area (Å²) in [7, 11) is 0. The maximum atomic E-state index is 13.1. The Morgan fingerprint density at radius 1 is 0.806 bits per heavy atom. The van der Waals surface area contributed by atoms with Crippen LogP contribution in [-0.2, 0) is 9.59 Å². The largest absolute Gasteiger partial charge is 0.350 e. The Hall–Kier alpha value is -4.13. The third-order valence-corrected chi connectivity index (χ3v) is 6.72. The second-order valence-corrected chi connectivity index (χ2v) is 8.99. The molecule has 0 unspecified atom stereocenters. The fraction of sp³-hybridized carbons (Fsp3) is 0.0357. The Morgan fingerprint density at radius 2 is 1.50 bits per heavy atom. The molecule has 0 atom stereocenters. The summed E-state index contributed by atoms with van der Waals surface area (Å²) in [6.07, 6.45) is 0. The molecule has 0 spiro atoms. The zero-order chi connectivity index (χ0) is 25.4. The van der Waals surface area contributed by atoms with Crippen molar-refractivity contribution in [2.45, 2.75) is 6.92 Å². The van der Waals surface area contributed by atoms with Crippen molar-refractivity contribution in [2.75, 3.05) is 15.5 Å². The van der Waals surface area contributed by atoms with Crippen LogP contribution in [0.25, 0.3) is 10.8 Å². The van der Waals surface area contributed by atoms with E-state index in [1.807, 2.05) is 42.5 Å². The van der Waals surface area contributed by atoms with Crippen LogP contribution in [0.4, 0.5) is 17.1 Å². The van der Waals surface area contributed by atoms with Gasteiger partial charge in [0.15, 0.2) is 0 Å². The number of rotatable bonds is 5. The molecule has 0 aliphatic carbocycles. The number of anilines is 3. The van der Waals surface area contributed by atoms with Crippen molar-refractivity contribution >= 4 is 68.8 Å². The van der Waals surface area contributed by atoms with E-state index in [1.54, 1.807) is 49.4 Å². The molecule has 5 rings (SSSR count). The van der Waals surface area contributed by atoms with Crippen LogP contribution in [-0.4, -0.2) is 17.7 Å². The highest BCUT2D eigenvalue weighted by atomic mass is 35.5. The van der Waals surface area contributed by atoms with E-state index in [2.05, 4.69) is 10.6 Å². The van der Waals surface area contributed by atoms with Gasteiger partial charge in [0.05, 0.1) is 5.69 Å². The first kappa shape index (κ1) is 23.6. The minimum atomic E-state index is -0.638. The molecule has 0 bridgehead atoms. The van der Waals surface area contributed by atoms with Crippen LogP contribution in [0, 0.1) is 6.92 Å². The lowest BCUT2D eigenvalue weighted by Crippen LogP contribution is -2.32. The molecule has 2 N–H and O–H groups in total. The number of nitrogens with zero attached hydrogens (tertiary/aromatic N) is 1. The molecular weight excluding hydrogens is 497 g/mol. The normalized spacial score (nSPS) is 13.5. The molecule has 178 valence electrons. The van der Waals surface area contributed by atoms with Crippen LogP contribution in [0.2, 0.25) is 5.02 Å². The number of fused-ring (bicyclic) bond motifs is 1. The van der Waals surface area contributed by atoms with Gasteiger partial charge >= 0.3 is 0 Å². The molecule has 0 saturated heterocycles. The average molecular weight is 516 g/mol. The molecule has 0 aromatic heterocycles. The molecular formula is C28H19Cl2N3O3. The van der Waals surface area contributed by atoms with Gasteiger partial charge < -0.3 is 10.6 Å². The lowest BCUT2D eigenvalue weighted by molar-refractivity contribution is -0.120. The Bertz CT molecular complexity index is 1570. The van der Waals surface area contributed by atoms with E-state index in [4.69, 9.17) is 23.2 Å². The number of hydrogen-bond acceptors (Lipinski definition) is 4. The zero-order valence-electron chi connectivity index (χ0n) is 19.0. The molecule has 4 aromatic carbocycles. The van der Waals surface area contributed by atoms with Crippen molar-refractivity contribution in [3.8, 4) is 0 Å². The van der Waals surface area contributed by atoms with Gasteiger partial charge in [-0.2, -0.15) is 0 Å². The van der Waals surface area contributed by atoms with E-state index in [0.29, 0.717) is 33.2 Å². The zero-order valence-corrected chi connectivity index (χ0v) is 20.5. The minimum Gasteiger partial charge on any atom is -0.350 e. The Balaban J connectivity index is 1.33. The van der Waals surface area contributed by atoms with Crippen LogP contribution < -0.4 is 15.5 Å². The first-order valence-electron chi connectivity index (χ1n) is 11.0. The van der Waals surface area contributed by atoms with Crippen molar-refractivity contribution in [3.05, 3.63) is 112 Å². The van der Waals surface area contributed by atoms with E-state index in [0.717, 1.165) is 15.7 Å². The van der Waals surface area contributed by atoms with E-state index in [9.17, 15) is 14.4 Å². The number of amides is 3. The SMILES string of the molecule is Cc1c(Cl)cccc1N1C(=O)C(Cl)=C(Nc2ccc(C(=O)Nc3cccc4ccccc34)cc2)C1=O. The number of halogens is 2. The number of imide groups is 1. The van der Waals surface area contributed by atoms with E-state index in [-0.39, 0.29) is 16.6 Å². The number of carbonyl (C=O) groups is 3. The van der Waals surface area contributed by atoms with Crippen molar-refractivity contribution in [3.63, 3.8) is 0 Å². The fourth-order valence-electron chi connectivity index (χ4n) is 4.05. The summed E-state index contributed by atoms with van der Waals surface area (Å²) in [5.74, 6) is -1.50. The van der Waals surface area contributed by atoms with Gasteiger partial charge in [-0.25, -0.2) is 4.90 Å². The Kier molecular flexibility index (Phi) is 6.22. The lowest BCUT2D eigenvalue weighted by Gasteiger charge is -2.18. The number of nitrogens with one attached hydrogen (secondary N) is 2. The topological polar surface area (TPSA) is 78.5 Å². The first-order chi connectivity index (χ1) is 17.3. The van der Waals surface area contributed by atoms with Crippen molar-refractivity contribution in [2.24, 2.45) is 0 Å². The summed E-state index contributed by atoms with van der Waals surface area (Å²) < 4.78 is 0. The highest BCUT2D eigenvalue weighted by Crippen LogP contribution is 2.34. The third kappa shape index (κ3) is 4.21. The summed E-state index contributed by atoms with van der Waals surface area (Å²) in [4.78, 5) is 39.7. The molecule has 1 heterocycles. The van der Waals surface area contributed by atoms with Gasteiger partial charge in [0.1, 0.15) is 10.7 Å². The molecule has 0 radical (unpaired) electrons. The van der Waals surface area contributed by atoms with Gasteiger partial charge in [-0.1, -0.05) is 65.7 Å². The predicted octanol–water partition coefficient (Wildman–Crippen LogP) is 6.49. The summed E-state index contributed by atoms with van der Waals surface area (Å²) in [6, 6.07) is 25.0. The molecule has 36 heavy (non-hydrogen) atoms. The predicted molar refractivity (Wildman–Crippen MR) is 144 cm³/mol. The van der Waals surface area contributed by atoms with Gasteiger partial charge in [0.2, 0.25) is 0 Å². The highest BCUT2D eigenvalue weighted by molar-refractivity contribution is 6.53. The maximum Gasteiger partial charge on any atom is 0.283 e. The molecule has 4 aromatic rings. The van der Waals surface area contributed by atoms with Crippen LogP contribution in [0.1, 0.15) is 15.9 Å². The molecule has 8 heteroatoms. The standard InChI is InChI=1S/C28H19Cl2N3O3/c1-16-21(29)9-5-11-23(16)33-27(35)24(30)25(28(33)36)31-19-14-12-18(13-15-19)26(34)32-22-10-4-7-17-6-2-3-8-20(17)22/h2-15,31H,1H3,(H,32,34). The highest BCUT2D eigenvalue weighted by Gasteiger charge is 2.39. The van der Waals surface area contributed by atoms with E-state index in [1.165, 1.54) is 0 Å². The lowest BCUT2D eigenvalue weighted by atomic mass is 10.1. The summed E-state index contributed by atoms with van der Waals surface area (Å²) in [6.45, 7) is 1.72. The molecule has 1 aliphatic heterocycles. The van der Waals surface area contributed by atoms with Crippen molar-refractivity contribution < 1.29 is 14.4 Å². The van der Waals surface area contributed by atoms with Gasteiger partial charge in [0.25, 0.3) is 17.7 Å². The average Bonchev–Trinajstić information content (AvgIpc) is 3.09. The van der Waals surface area contributed by atoms with Gasteiger partial charge in [-0.15, -0.1) is 0 Å². The molecule has 6 nitrogen and oxygen atoms in total. The summed E-state index contributed by atoms with van der Waals surface area (Å²) in [5, 5.41) is 8.03.